The summed E-state index contributed by atoms with van der Waals surface area (Å²) in [6.45, 7) is 14.3. The summed E-state index contributed by atoms with van der Waals surface area (Å²) in [5.74, 6) is 1.09. The Labute approximate surface area is 153 Å². The van der Waals surface area contributed by atoms with Crippen LogP contribution in [0.2, 0.25) is 0 Å². The van der Waals surface area contributed by atoms with Crippen LogP contribution in [0.3, 0.4) is 0 Å². The molecule has 2 unspecified atom stereocenters. The second-order valence-corrected chi connectivity index (χ2v) is 8.36. The van der Waals surface area contributed by atoms with E-state index in [1.807, 2.05) is 34.6 Å². The van der Waals surface area contributed by atoms with Crippen LogP contribution in [0, 0.1) is 18.8 Å². The fourth-order valence-corrected chi connectivity index (χ4v) is 3.17. The first-order valence-electron chi connectivity index (χ1n) is 9.65. The van der Waals surface area contributed by atoms with Crippen molar-refractivity contribution in [2.75, 3.05) is 0 Å². The van der Waals surface area contributed by atoms with Crippen LogP contribution in [0.5, 0.6) is 11.5 Å². The number of carbonyl (C=O) groups is 1. The summed E-state index contributed by atoms with van der Waals surface area (Å²) in [6.07, 6.45) is 5.56. The summed E-state index contributed by atoms with van der Waals surface area (Å²) >= 11 is 0. The molecule has 0 fully saturated rings. The van der Waals surface area contributed by atoms with Crippen molar-refractivity contribution >= 4 is 5.97 Å². The molecule has 0 saturated carbocycles. The Hall–Kier alpha value is -1.51. The van der Waals surface area contributed by atoms with E-state index in [1.54, 1.807) is 12.1 Å². The normalized spacial score (nSPS) is 14.2. The highest BCUT2D eigenvalue weighted by atomic mass is 16.5. The van der Waals surface area contributed by atoms with Crippen molar-refractivity contribution in [1.29, 1.82) is 0 Å². The van der Waals surface area contributed by atoms with E-state index in [0.29, 0.717) is 11.7 Å². The minimum absolute atomic E-state index is 0.117. The topological polar surface area (TPSA) is 46.5 Å². The predicted octanol–water partition coefficient (Wildman–Crippen LogP) is 6.15. The van der Waals surface area contributed by atoms with Gasteiger partial charge in [0, 0.05) is 5.56 Å². The summed E-state index contributed by atoms with van der Waals surface area (Å²) in [5, 5.41) is 10.3. The maximum Gasteiger partial charge on any atom is 0.314 e. The third-order valence-corrected chi connectivity index (χ3v) is 4.93. The zero-order valence-electron chi connectivity index (χ0n) is 17.1. The molecule has 1 aromatic carbocycles. The number of phenols is 1. The molecular formula is C22H36O3. The van der Waals surface area contributed by atoms with Crippen LogP contribution in [0.15, 0.2) is 12.1 Å². The molecule has 0 aromatic heterocycles. The SMILES string of the molecule is CCCCC(CC)CC(C)C(=O)Oc1cc(C)c(O)c(C(C)(C)C)c1. The second kappa shape index (κ2) is 9.26. The molecule has 0 aliphatic carbocycles. The fraction of sp³-hybridized carbons (Fsp3) is 0.682. The van der Waals surface area contributed by atoms with Crippen molar-refractivity contribution in [1.82, 2.24) is 0 Å². The lowest BCUT2D eigenvalue weighted by Gasteiger charge is -2.23. The quantitative estimate of drug-likeness (QED) is 0.453. The van der Waals surface area contributed by atoms with Crippen LogP contribution in [-0.2, 0) is 10.2 Å². The molecule has 0 aliphatic heterocycles. The van der Waals surface area contributed by atoms with E-state index < -0.39 is 0 Å². The molecule has 1 rings (SSSR count). The lowest BCUT2D eigenvalue weighted by Crippen LogP contribution is -2.21. The minimum Gasteiger partial charge on any atom is -0.507 e. The van der Waals surface area contributed by atoms with E-state index in [4.69, 9.17) is 4.74 Å². The fourth-order valence-electron chi connectivity index (χ4n) is 3.17. The number of aryl methyl sites for hydroxylation is 1. The average molecular weight is 349 g/mol. The molecule has 0 aliphatic rings. The average Bonchev–Trinajstić information content (AvgIpc) is 2.53. The Balaban J connectivity index is 2.84. The molecular weight excluding hydrogens is 312 g/mol. The molecule has 3 heteroatoms. The van der Waals surface area contributed by atoms with Crippen LogP contribution in [0.25, 0.3) is 0 Å². The van der Waals surface area contributed by atoms with Gasteiger partial charge in [0.25, 0.3) is 0 Å². The van der Waals surface area contributed by atoms with Gasteiger partial charge in [0.05, 0.1) is 5.92 Å². The third kappa shape index (κ3) is 6.37. The molecule has 1 aromatic rings. The Morgan fingerprint density at radius 1 is 1.24 bits per heavy atom. The number of rotatable bonds is 8. The maximum atomic E-state index is 12.5. The first kappa shape index (κ1) is 21.5. The Morgan fingerprint density at radius 2 is 1.88 bits per heavy atom. The van der Waals surface area contributed by atoms with Crippen molar-refractivity contribution in [2.45, 2.75) is 86.0 Å². The van der Waals surface area contributed by atoms with Crippen molar-refractivity contribution < 1.29 is 14.6 Å². The molecule has 0 bridgehead atoms. The molecule has 0 radical (unpaired) electrons. The van der Waals surface area contributed by atoms with Gasteiger partial charge in [-0.3, -0.25) is 4.79 Å². The van der Waals surface area contributed by atoms with Gasteiger partial charge in [-0.15, -0.1) is 0 Å². The van der Waals surface area contributed by atoms with Crippen molar-refractivity contribution in [3.05, 3.63) is 23.3 Å². The van der Waals surface area contributed by atoms with Gasteiger partial charge in [-0.2, -0.15) is 0 Å². The second-order valence-electron chi connectivity index (χ2n) is 8.36. The zero-order valence-corrected chi connectivity index (χ0v) is 17.1. The lowest BCUT2D eigenvalue weighted by atomic mass is 9.85. The zero-order chi connectivity index (χ0) is 19.2. The number of phenolic OH excluding ortho intramolecular Hbond substituents is 1. The predicted molar refractivity (Wildman–Crippen MR) is 104 cm³/mol. The molecule has 3 nitrogen and oxygen atoms in total. The van der Waals surface area contributed by atoms with Crippen molar-refractivity contribution in [2.24, 2.45) is 11.8 Å². The first-order chi connectivity index (χ1) is 11.6. The number of esters is 1. The summed E-state index contributed by atoms with van der Waals surface area (Å²) < 4.78 is 5.65. The molecule has 0 saturated heterocycles. The summed E-state index contributed by atoms with van der Waals surface area (Å²) in [7, 11) is 0. The molecule has 25 heavy (non-hydrogen) atoms. The summed E-state index contributed by atoms with van der Waals surface area (Å²) in [6, 6.07) is 3.53. The van der Waals surface area contributed by atoms with Gasteiger partial charge in [-0.05, 0) is 42.4 Å². The number of ether oxygens (including phenoxy) is 1. The molecule has 0 spiro atoms. The summed E-state index contributed by atoms with van der Waals surface area (Å²) in [5.41, 5.74) is 1.32. The van der Waals surface area contributed by atoms with Gasteiger partial charge in [-0.25, -0.2) is 0 Å². The lowest BCUT2D eigenvalue weighted by molar-refractivity contribution is -0.139. The van der Waals surface area contributed by atoms with Crippen LogP contribution in [0.4, 0.5) is 0 Å². The number of aromatic hydroxyl groups is 1. The van der Waals surface area contributed by atoms with Gasteiger partial charge in [0.1, 0.15) is 11.5 Å². The van der Waals surface area contributed by atoms with Crippen molar-refractivity contribution in [3.63, 3.8) is 0 Å². The van der Waals surface area contributed by atoms with Gasteiger partial charge < -0.3 is 9.84 Å². The monoisotopic (exact) mass is 348 g/mol. The van der Waals surface area contributed by atoms with E-state index in [-0.39, 0.29) is 23.1 Å². The van der Waals surface area contributed by atoms with Gasteiger partial charge in [0.15, 0.2) is 0 Å². The van der Waals surface area contributed by atoms with Crippen LogP contribution < -0.4 is 4.74 Å². The first-order valence-corrected chi connectivity index (χ1v) is 9.65. The number of hydrogen-bond donors (Lipinski definition) is 1. The Bertz CT molecular complexity index is 569. The molecule has 142 valence electrons. The van der Waals surface area contributed by atoms with Gasteiger partial charge in [-0.1, -0.05) is 67.2 Å². The van der Waals surface area contributed by atoms with E-state index >= 15 is 0 Å². The molecule has 2 atom stereocenters. The van der Waals surface area contributed by atoms with E-state index in [1.165, 1.54) is 19.3 Å². The van der Waals surface area contributed by atoms with Crippen LogP contribution in [-0.4, -0.2) is 11.1 Å². The number of benzene rings is 1. The maximum absolute atomic E-state index is 12.5. The van der Waals surface area contributed by atoms with E-state index in [9.17, 15) is 9.90 Å². The largest absolute Gasteiger partial charge is 0.507 e. The van der Waals surface area contributed by atoms with Gasteiger partial charge in [0.2, 0.25) is 0 Å². The number of hydrogen-bond acceptors (Lipinski definition) is 3. The Kier molecular flexibility index (Phi) is 7.98. The van der Waals surface area contributed by atoms with Crippen LogP contribution >= 0.6 is 0 Å². The van der Waals surface area contributed by atoms with E-state index in [2.05, 4.69) is 13.8 Å². The minimum atomic E-state index is -0.212. The third-order valence-electron chi connectivity index (χ3n) is 4.93. The van der Waals surface area contributed by atoms with E-state index in [0.717, 1.165) is 24.0 Å². The molecule has 0 amide bonds. The summed E-state index contributed by atoms with van der Waals surface area (Å²) in [4.78, 5) is 12.5. The van der Waals surface area contributed by atoms with Gasteiger partial charge >= 0.3 is 5.97 Å². The Morgan fingerprint density at radius 3 is 2.40 bits per heavy atom. The standard InChI is InChI=1S/C22H36O3/c1-8-10-11-17(9-2)12-16(4)21(24)25-18-13-15(3)20(23)19(14-18)22(5,6)7/h13-14,16-17,23H,8-12H2,1-7H3. The smallest absolute Gasteiger partial charge is 0.314 e. The molecule has 1 N–H and O–H groups in total. The highest BCUT2D eigenvalue weighted by molar-refractivity contribution is 5.75. The number of carbonyl (C=O) groups excluding carboxylic acids is 1. The number of unbranched alkanes of at least 4 members (excludes halogenated alkanes) is 1. The van der Waals surface area contributed by atoms with Crippen LogP contribution in [0.1, 0.15) is 84.8 Å². The highest BCUT2D eigenvalue weighted by Crippen LogP contribution is 2.36. The highest BCUT2D eigenvalue weighted by Gasteiger charge is 2.23. The molecule has 0 heterocycles. The van der Waals surface area contributed by atoms with Crippen molar-refractivity contribution in [3.8, 4) is 11.5 Å².